The number of hydrogen-bond acceptors (Lipinski definition) is 3. The highest BCUT2D eigenvalue weighted by atomic mass is 16.3. The predicted octanol–water partition coefficient (Wildman–Crippen LogP) is 0.844. The SMILES string of the molecule is CCCNC(=O)CNC(=O)c1occc1C. The highest BCUT2D eigenvalue weighted by molar-refractivity contribution is 5.95. The predicted molar refractivity (Wildman–Crippen MR) is 59.1 cm³/mol. The highest BCUT2D eigenvalue weighted by Gasteiger charge is 2.12. The molecule has 88 valence electrons. The molecule has 0 aliphatic rings. The second-order valence-corrected chi connectivity index (χ2v) is 3.47. The lowest BCUT2D eigenvalue weighted by molar-refractivity contribution is -0.120. The third-order valence-electron chi connectivity index (χ3n) is 2.05. The molecule has 0 aliphatic heterocycles. The summed E-state index contributed by atoms with van der Waals surface area (Å²) in [4.78, 5) is 22.7. The molecule has 5 nitrogen and oxygen atoms in total. The summed E-state index contributed by atoms with van der Waals surface area (Å²) in [6.45, 7) is 4.33. The molecule has 0 spiro atoms. The topological polar surface area (TPSA) is 71.3 Å². The van der Waals surface area contributed by atoms with Crippen molar-refractivity contribution >= 4 is 11.8 Å². The second kappa shape index (κ2) is 5.95. The molecular weight excluding hydrogens is 208 g/mol. The fraction of sp³-hybridized carbons (Fsp3) is 0.455. The van der Waals surface area contributed by atoms with Crippen LogP contribution in [0.25, 0.3) is 0 Å². The van der Waals surface area contributed by atoms with Crippen LogP contribution in [-0.4, -0.2) is 24.9 Å². The number of aryl methyl sites for hydroxylation is 1. The Morgan fingerprint density at radius 1 is 1.38 bits per heavy atom. The number of nitrogens with one attached hydrogen (secondary N) is 2. The zero-order chi connectivity index (χ0) is 12.0. The molecule has 1 heterocycles. The van der Waals surface area contributed by atoms with Crippen molar-refractivity contribution in [2.75, 3.05) is 13.1 Å². The quantitative estimate of drug-likeness (QED) is 0.778. The number of carbonyl (C=O) groups excluding carboxylic acids is 2. The molecule has 2 amide bonds. The zero-order valence-corrected chi connectivity index (χ0v) is 9.50. The van der Waals surface area contributed by atoms with Gasteiger partial charge in [-0.15, -0.1) is 0 Å². The number of hydrogen-bond donors (Lipinski definition) is 2. The maximum Gasteiger partial charge on any atom is 0.287 e. The lowest BCUT2D eigenvalue weighted by Crippen LogP contribution is -2.37. The van der Waals surface area contributed by atoms with Crippen LogP contribution in [0.2, 0.25) is 0 Å². The summed E-state index contributed by atoms with van der Waals surface area (Å²) in [6.07, 6.45) is 2.32. The molecule has 0 aromatic carbocycles. The highest BCUT2D eigenvalue weighted by Crippen LogP contribution is 2.07. The van der Waals surface area contributed by atoms with E-state index in [1.807, 2.05) is 6.92 Å². The van der Waals surface area contributed by atoms with Crippen molar-refractivity contribution in [2.24, 2.45) is 0 Å². The van der Waals surface area contributed by atoms with Crippen LogP contribution in [0.4, 0.5) is 0 Å². The van der Waals surface area contributed by atoms with Crippen LogP contribution >= 0.6 is 0 Å². The van der Waals surface area contributed by atoms with Crippen LogP contribution in [0, 0.1) is 6.92 Å². The summed E-state index contributed by atoms with van der Waals surface area (Å²) < 4.78 is 5.00. The summed E-state index contributed by atoms with van der Waals surface area (Å²) in [6, 6.07) is 1.70. The molecule has 5 heteroatoms. The first-order valence-corrected chi connectivity index (χ1v) is 5.24. The van der Waals surface area contributed by atoms with Gasteiger partial charge in [0.15, 0.2) is 5.76 Å². The van der Waals surface area contributed by atoms with Crippen molar-refractivity contribution in [1.29, 1.82) is 0 Å². The summed E-state index contributed by atoms with van der Waals surface area (Å²) in [5, 5.41) is 5.15. The van der Waals surface area contributed by atoms with Gasteiger partial charge in [0.05, 0.1) is 12.8 Å². The first kappa shape index (κ1) is 12.3. The Morgan fingerprint density at radius 3 is 2.69 bits per heavy atom. The van der Waals surface area contributed by atoms with Crippen LogP contribution in [-0.2, 0) is 4.79 Å². The Hall–Kier alpha value is -1.78. The molecule has 1 aromatic heterocycles. The van der Waals surface area contributed by atoms with E-state index in [-0.39, 0.29) is 24.1 Å². The van der Waals surface area contributed by atoms with Gasteiger partial charge in [0, 0.05) is 12.1 Å². The first-order chi connectivity index (χ1) is 7.65. The van der Waals surface area contributed by atoms with Gasteiger partial charge in [-0.1, -0.05) is 6.92 Å². The van der Waals surface area contributed by atoms with Crippen molar-refractivity contribution in [1.82, 2.24) is 10.6 Å². The average Bonchev–Trinajstić information content (AvgIpc) is 2.69. The molecule has 0 unspecified atom stereocenters. The summed E-state index contributed by atoms with van der Waals surface area (Å²) in [5.74, 6) is -0.308. The van der Waals surface area contributed by atoms with Crippen molar-refractivity contribution in [2.45, 2.75) is 20.3 Å². The standard InChI is InChI=1S/C11H16N2O3/c1-3-5-12-9(14)7-13-11(15)10-8(2)4-6-16-10/h4,6H,3,5,7H2,1-2H3,(H,12,14)(H,13,15). The summed E-state index contributed by atoms with van der Waals surface area (Å²) >= 11 is 0. The maximum atomic E-state index is 11.5. The number of carbonyl (C=O) groups is 2. The minimum Gasteiger partial charge on any atom is -0.459 e. The van der Waals surface area contributed by atoms with Gasteiger partial charge in [-0.3, -0.25) is 9.59 Å². The Bertz CT molecular complexity index is 371. The summed E-state index contributed by atoms with van der Waals surface area (Å²) in [5.41, 5.74) is 0.756. The van der Waals surface area contributed by atoms with E-state index >= 15 is 0 Å². The van der Waals surface area contributed by atoms with Crippen LogP contribution in [0.1, 0.15) is 29.5 Å². The lowest BCUT2D eigenvalue weighted by Gasteiger charge is -2.04. The summed E-state index contributed by atoms with van der Waals surface area (Å²) in [7, 11) is 0. The molecule has 0 bridgehead atoms. The molecule has 16 heavy (non-hydrogen) atoms. The van der Waals surface area contributed by atoms with Gasteiger partial charge in [-0.25, -0.2) is 0 Å². The van der Waals surface area contributed by atoms with E-state index in [0.29, 0.717) is 6.54 Å². The van der Waals surface area contributed by atoms with E-state index in [9.17, 15) is 9.59 Å². The lowest BCUT2D eigenvalue weighted by atomic mass is 10.3. The minimum absolute atomic E-state index is 0.0288. The third kappa shape index (κ3) is 3.42. The number of rotatable bonds is 5. The van der Waals surface area contributed by atoms with Gasteiger partial charge in [-0.05, 0) is 19.4 Å². The Morgan fingerprint density at radius 2 is 2.12 bits per heavy atom. The molecular formula is C11H16N2O3. The smallest absolute Gasteiger partial charge is 0.287 e. The second-order valence-electron chi connectivity index (χ2n) is 3.47. The molecule has 0 aliphatic carbocycles. The van der Waals surface area contributed by atoms with Gasteiger partial charge in [0.25, 0.3) is 5.91 Å². The van der Waals surface area contributed by atoms with Gasteiger partial charge in [0.2, 0.25) is 5.91 Å². The number of furan rings is 1. The first-order valence-electron chi connectivity index (χ1n) is 5.24. The fourth-order valence-electron chi connectivity index (χ4n) is 1.17. The Labute approximate surface area is 94.2 Å². The van der Waals surface area contributed by atoms with Gasteiger partial charge in [0.1, 0.15) is 0 Å². The van der Waals surface area contributed by atoms with Gasteiger partial charge < -0.3 is 15.1 Å². The van der Waals surface area contributed by atoms with Crippen LogP contribution < -0.4 is 10.6 Å². The van der Waals surface area contributed by atoms with Crippen molar-refractivity contribution in [3.63, 3.8) is 0 Å². The van der Waals surface area contributed by atoms with Crippen LogP contribution in [0.15, 0.2) is 16.7 Å². The van der Waals surface area contributed by atoms with Crippen molar-refractivity contribution in [3.05, 3.63) is 23.7 Å². The van der Waals surface area contributed by atoms with E-state index in [2.05, 4.69) is 10.6 Å². The van der Waals surface area contributed by atoms with E-state index in [1.54, 1.807) is 13.0 Å². The minimum atomic E-state index is -0.367. The van der Waals surface area contributed by atoms with Crippen molar-refractivity contribution < 1.29 is 14.0 Å². The average molecular weight is 224 g/mol. The molecule has 0 fully saturated rings. The molecule has 0 atom stereocenters. The normalized spacial score (nSPS) is 9.88. The van der Waals surface area contributed by atoms with E-state index in [1.165, 1.54) is 6.26 Å². The molecule has 0 saturated heterocycles. The molecule has 0 radical (unpaired) electrons. The van der Waals surface area contributed by atoms with E-state index < -0.39 is 0 Å². The van der Waals surface area contributed by atoms with Gasteiger partial charge in [-0.2, -0.15) is 0 Å². The van der Waals surface area contributed by atoms with Crippen LogP contribution in [0.5, 0.6) is 0 Å². The Balaban J connectivity index is 2.36. The molecule has 1 aromatic rings. The zero-order valence-electron chi connectivity index (χ0n) is 9.50. The molecule has 2 N–H and O–H groups in total. The molecule has 1 rings (SSSR count). The largest absolute Gasteiger partial charge is 0.459 e. The van der Waals surface area contributed by atoms with Gasteiger partial charge >= 0.3 is 0 Å². The van der Waals surface area contributed by atoms with E-state index in [0.717, 1.165) is 12.0 Å². The fourth-order valence-corrected chi connectivity index (χ4v) is 1.17. The maximum absolute atomic E-state index is 11.5. The Kier molecular flexibility index (Phi) is 4.57. The monoisotopic (exact) mass is 224 g/mol. The van der Waals surface area contributed by atoms with Crippen molar-refractivity contribution in [3.8, 4) is 0 Å². The third-order valence-corrected chi connectivity index (χ3v) is 2.05. The molecule has 0 saturated carbocycles. The van der Waals surface area contributed by atoms with E-state index in [4.69, 9.17) is 4.42 Å². The number of amides is 2. The van der Waals surface area contributed by atoms with Crippen LogP contribution in [0.3, 0.4) is 0 Å².